The van der Waals surface area contributed by atoms with Crippen LogP contribution < -0.4 is 11.1 Å². The lowest BCUT2D eigenvalue weighted by Crippen LogP contribution is -2.36. The Morgan fingerprint density at radius 2 is 1.39 bits per heavy atom. The molecule has 0 unspecified atom stereocenters. The number of carbonyl (C=O) groups is 1. The zero-order valence-electron chi connectivity index (χ0n) is 14.4. The van der Waals surface area contributed by atoms with E-state index in [0.29, 0.717) is 6.42 Å². The third-order valence-corrected chi connectivity index (χ3v) is 3.78. The monoisotopic (exact) mass is 312 g/mol. The van der Waals surface area contributed by atoms with Gasteiger partial charge < -0.3 is 11.1 Å². The normalized spacial score (nSPS) is 10.6. The number of nitrogens with two attached hydrogens (primary N) is 1. The molecule has 23 heavy (non-hydrogen) atoms. The quantitative estimate of drug-likeness (QED) is 0.847. The number of hydrogen-bond acceptors (Lipinski definition) is 2. The molecule has 0 radical (unpaired) electrons. The third-order valence-electron chi connectivity index (χ3n) is 3.78. The van der Waals surface area contributed by atoms with E-state index in [1.54, 1.807) is 0 Å². The average Bonchev–Trinajstić information content (AvgIpc) is 2.56. The number of hydrogen-bond donors (Lipinski definition) is 2. The largest absolute Gasteiger partial charge is 0.370 e. The number of benzene rings is 2. The minimum atomic E-state index is -0.211. The zero-order valence-corrected chi connectivity index (χ0v) is 14.4. The fourth-order valence-corrected chi connectivity index (χ4v) is 2.09. The first-order valence-electron chi connectivity index (χ1n) is 8.02. The van der Waals surface area contributed by atoms with E-state index >= 15 is 0 Å². The Balaban J connectivity index is 0.000000232. The van der Waals surface area contributed by atoms with Gasteiger partial charge in [-0.25, -0.2) is 0 Å². The highest BCUT2D eigenvalue weighted by molar-refractivity contribution is 5.73. The van der Waals surface area contributed by atoms with Crippen molar-refractivity contribution in [2.75, 3.05) is 7.05 Å². The molecule has 2 aromatic rings. The van der Waals surface area contributed by atoms with Crippen LogP contribution in [-0.2, 0) is 4.79 Å². The second-order valence-corrected chi connectivity index (χ2v) is 6.19. The van der Waals surface area contributed by atoms with Crippen LogP contribution >= 0.6 is 0 Å². The third kappa shape index (κ3) is 8.17. The first-order chi connectivity index (χ1) is 10.9. The first-order valence-corrected chi connectivity index (χ1v) is 8.02. The minimum absolute atomic E-state index is 0.120. The predicted molar refractivity (Wildman–Crippen MR) is 98.1 cm³/mol. The van der Waals surface area contributed by atoms with Gasteiger partial charge in [0, 0.05) is 12.0 Å². The maximum atomic E-state index is 10.4. The molecule has 2 rings (SSSR count). The van der Waals surface area contributed by atoms with E-state index in [9.17, 15) is 4.79 Å². The highest BCUT2D eigenvalue weighted by Crippen LogP contribution is 2.17. The predicted octanol–water partition coefficient (Wildman–Crippen LogP) is 3.99. The Morgan fingerprint density at radius 1 is 0.957 bits per heavy atom. The van der Waals surface area contributed by atoms with Crippen molar-refractivity contribution in [3.63, 3.8) is 0 Å². The molecule has 0 heterocycles. The molecule has 0 bridgehead atoms. The Labute approximate surface area is 139 Å². The molecule has 1 amide bonds. The van der Waals surface area contributed by atoms with E-state index in [1.165, 1.54) is 11.1 Å². The molecule has 0 spiro atoms. The summed E-state index contributed by atoms with van der Waals surface area (Å²) >= 11 is 0. The van der Waals surface area contributed by atoms with E-state index in [-0.39, 0.29) is 11.4 Å². The van der Waals surface area contributed by atoms with Crippen molar-refractivity contribution in [1.29, 1.82) is 0 Å². The number of primary amides is 1. The maximum Gasteiger partial charge on any atom is 0.217 e. The Bertz CT molecular complexity index is 527. The molecule has 0 saturated carbocycles. The topological polar surface area (TPSA) is 55.1 Å². The van der Waals surface area contributed by atoms with Crippen LogP contribution in [0.25, 0.3) is 11.1 Å². The smallest absolute Gasteiger partial charge is 0.217 e. The van der Waals surface area contributed by atoms with Crippen LogP contribution in [-0.4, -0.2) is 18.5 Å². The van der Waals surface area contributed by atoms with E-state index in [2.05, 4.69) is 67.7 Å². The molecule has 3 nitrogen and oxygen atoms in total. The summed E-state index contributed by atoms with van der Waals surface area (Å²) in [5.41, 5.74) is 7.68. The SMILES string of the molecule is CNC(C)(C)CCCC(N)=O.c1ccc(-c2ccccc2)cc1. The molecule has 0 aliphatic carbocycles. The van der Waals surface area contributed by atoms with Gasteiger partial charge in [-0.1, -0.05) is 60.7 Å². The molecular formula is C20H28N2O. The summed E-state index contributed by atoms with van der Waals surface area (Å²) in [6.07, 6.45) is 2.33. The van der Waals surface area contributed by atoms with Crippen LogP contribution in [0.5, 0.6) is 0 Å². The van der Waals surface area contributed by atoms with Gasteiger partial charge in [0.1, 0.15) is 0 Å². The standard InChI is InChI=1S/C12H10.C8H18N2O/c1-3-7-11(8-4-1)12-9-5-2-6-10-12;1-8(2,10-3)6-4-5-7(9)11/h1-10H;10H,4-6H2,1-3H3,(H2,9,11). The summed E-state index contributed by atoms with van der Waals surface area (Å²) in [7, 11) is 1.92. The van der Waals surface area contributed by atoms with E-state index in [4.69, 9.17) is 5.73 Å². The summed E-state index contributed by atoms with van der Waals surface area (Å²) in [5.74, 6) is -0.211. The molecule has 0 aliphatic heterocycles. The summed E-state index contributed by atoms with van der Waals surface area (Å²) in [5, 5.41) is 3.16. The van der Waals surface area contributed by atoms with Crippen molar-refractivity contribution >= 4 is 5.91 Å². The van der Waals surface area contributed by atoms with Crippen LogP contribution in [0.3, 0.4) is 0 Å². The van der Waals surface area contributed by atoms with E-state index < -0.39 is 0 Å². The molecule has 124 valence electrons. The fraction of sp³-hybridized carbons (Fsp3) is 0.350. The molecule has 0 aromatic heterocycles. The Hall–Kier alpha value is -2.13. The van der Waals surface area contributed by atoms with Crippen LogP contribution in [0.2, 0.25) is 0 Å². The summed E-state index contributed by atoms with van der Waals surface area (Å²) in [6.45, 7) is 4.21. The highest BCUT2D eigenvalue weighted by Gasteiger charge is 2.13. The van der Waals surface area contributed by atoms with Crippen molar-refractivity contribution in [3.8, 4) is 11.1 Å². The van der Waals surface area contributed by atoms with Crippen LogP contribution in [0.4, 0.5) is 0 Å². The Morgan fingerprint density at radius 3 is 1.74 bits per heavy atom. The van der Waals surface area contributed by atoms with Crippen LogP contribution in [0.1, 0.15) is 33.1 Å². The zero-order chi connectivity index (χ0) is 17.1. The van der Waals surface area contributed by atoms with Crippen molar-refractivity contribution in [1.82, 2.24) is 5.32 Å². The minimum Gasteiger partial charge on any atom is -0.370 e. The molecule has 0 aliphatic rings. The molecule has 0 saturated heterocycles. The number of nitrogens with one attached hydrogen (secondary N) is 1. The summed E-state index contributed by atoms with van der Waals surface area (Å²) in [6, 6.07) is 20.8. The van der Waals surface area contributed by atoms with Crippen LogP contribution in [0.15, 0.2) is 60.7 Å². The van der Waals surface area contributed by atoms with Gasteiger partial charge in [-0.3, -0.25) is 4.79 Å². The molecule has 3 heteroatoms. The lowest BCUT2D eigenvalue weighted by Gasteiger charge is -2.23. The number of carbonyl (C=O) groups excluding carboxylic acids is 1. The first kappa shape index (κ1) is 18.9. The number of amides is 1. The van der Waals surface area contributed by atoms with Gasteiger partial charge in [0.25, 0.3) is 0 Å². The lowest BCUT2D eigenvalue weighted by atomic mass is 9.98. The molecule has 3 N–H and O–H groups in total. The summed E-state index contributed by atoms with van der Waals surface area (Å²) < 4.78 is 0. The van der Waals surface area contributed by atoms with Gasteiger partial charge in [0.2, 0.25) is 5.91 Å². The molecule has 0 atom stereocenters. The van der Waals surface area contributed by atoms with Gasteiger partial charge in [0.05, 0.1) is 0 Å². The van der Waals surface area contributed by atoms with E-state index in [1.807, 2.05) is 19.2 Å². The average molecular weight is 312 g/mol. The lowest BCUT2D eigenvalue weighted by molar-refractivity contribution is -0.118. The number of rotatable bonds is 6. The molecular weight excluding hydrogens is 284 g/mol. The molecule has 0 fully saturated rings. The van der Waals surface area contributed by atoms with Crippen molar-refractivity contribution in [3.05, 3.63) is 60.7 Å². The summed E-state index contributed by atoms with van der Waals surface area (Å²) in [4.78, 5) is 10.4. The second kappa shape index (κ2) is 9.80. The highest BCUT2D eigenvalue weighted by atomic mass is 16.1. The fourth-order valence-electron chi connectivity index (χ4n) is 2.09. The van der Waals surface area contributed by atoms with Crippen LogP contribution in [0, 0.1) is 0 Å². The van der Waals surface area contributed by atoms with Gasteiger partial charge in [-0.05, 0) is 44.9 Å². The maximum absolute atomic E-state index is 10.4. The van der Waals surface area contributed by atoms with Crippen molar-refractivity contribution in [2.45, 2.75) is 38.6 Å². The Kier molecular flexibility index (Phi) is 8.06. The van der Waals surface area contributed by atoms with Gasteiger partial charge in [-0.15, -0.1) is 0 Å². The van der Waals surface area contributed by atoms with Crippen molar-refractivity contribution < 1.29 is 4.79 Å². The molecule has 2 aromatic carbocycles. The van der Waals surface area contributed by atoms with Gasteiger partial charge in [-0.2, -0.15) is 0 Å². The van der Waals surface area contributed by atoms with Crippen molar-refractivity contribution in [2.24, 2.45) is 5.73 Å². The second-order valence-electron chi connectivity index (χ2n) is 6.19. The van der Waals surface area contributed by atoms with Gasteiger partial charge >= 0.3 is 0 Å². The van der Waals surface area contributed by atoms with E-state index in [0.717, 1.165) is 12.8 Å². The van der Waals surface area contributed by atoms with Gasteiger partial charge in [0.15, 0.2) is 0 Å².